The lowest BCUT2D eigenvalue weighted by Gasteiger charge is -2.09. The van der Waals surface area contributed by atoms with Crippen molar-refractivity contribution in [2.45, 2.75) is 6.54 Å². The summed E-state index contributed by atoms with van der Waals surface area (Å²) < 4.78 is 31.1. The quantitative estimate of drug-likeness (QED) is 0.891. The van der Waals surface area contributed by atoms with E-state index in [0.717, 1.165) is 6.07 Å². The number of halogens is 2. The molecule has 0 saturated heterocycles. The second-order valence-corrected chi connectivity index (χ2v) is 4.02. The van der Waals surface area contributed by atoms with Crippen LogP contribution in [0.5, 0.6) is 11.5 Å². The third-order valence-corrected chi connectivity index (χ3v) is 2.59. The van der Waals surface area contributed by atoms with Crippen molar-refractivity contribution in [2.24, 2.45) is 0 Å². The van der Waals surface area contributed by atoms with Crippen molar-refractivity contribution in [2.75, 3.05) is 12.4 Å². The van der Waals surface area contributed by atoms with Crippen molar-refractivity contribution >= 4 is 5.69 Å². The number of benzene rings is 2. The minimum atomic E-state index is -0.506. The highest BCUT2D eigenvalue weighted by Gasteiger charge is 2.04. The highest BCUT2D eigenvalue weighted by Crippen LogP contribution is 2.22. The molecule has 0 heterocycles. The lowest BCUT2D eigenvalue weighted by atomic mass is 10.2. The second-order valence-electron chi connectivity index (χ2n) is 4.02. The highest BCUT2D eigenvalue weighted by molar-refractivity contribution is 5.49. The van der Waals surface area contributed by atoms with Crippen LogP contribution in [-0.2, 0) is 6.54 Å². The number of nitrogens with one attached hydrogen (secondary N) is 1. The summed E-state index contributed by atoms with van der Waals surface area (Å²) in [5.41, 5.74) is 1.22. The fourth-order valence-corrected chi connectivity index (χ4v) is 1.71. The summed E-state index contributed by atoms with van der Waals surface area (Å²) in [7, 11) is 1.38. The molecular weight excluding hydrogens is 252 g/mol. The van der Waals surface area contributed by atoms with Gasteiger partial charge in [0.05, 0.1) is 7.11 Å². The van der Waals surface area contributed by atoms with Gasteiger partial charge in [-0.2, -0.15) is 0 Å². The van der Waals surface area contributed by atoms with E-state index in [2.05, 4.69) is 5.32 Å². The Morgan fingerprint density at radius 3 is 2.63 bits per heavy atom. The number of hydrogen-bond donors (Lipinski definition) is 2. The first kappa shape index (κ1) is 13.1. The Bertz CT molecular complexity index is 567. The third-order valence-electron chi connectivity index (χ3n) is 2.59. The van der Waals surface area contributed by atoms with Crippen LogP contribution in [0.15, 0.2) is 36.4 Å². The molecule has 0 radical (unpaired) electrons. The van der Waals surface area contributed by atoms with Gasteiger partial charge in [0.15, 0.2) is 11.6 Å². The predicted molar refractivity (Wildman–Crippen MR) is 68.3 cm³/mol. The van der Waals surface area contributed by atoms with E-state index in [1.54, 1.807) is 6.07 Å². The number of hydrogen-bond acceptors (Lipinski definition) is 3. The SMILES string of the molecule is COc1cc(NCc2cc(O)cc(F)c2)ccc1F. The van der Waals surface area contributed by atoms with Crippen molar-refractivity contribution in [1.82, 2.24) is 0 Å². The monoisotopic (exact) mass is 265 g/mol. The Balaban J connectivity index is 2.10. The van der Waals surface area contributed by atoms with Gasteiger partial charge >= 0.3 is 0 Å². The van der Waals surface area contributed by atoms with Gasteiger partial charge in [0.1, 0.15) is 11.6 Å². The molecule has 5 heteroatoms. The molecular formula is C14H13F2NO2. The predicted octanol–water partition coefficient (Wildman–Crippen LogP) is 3.29. The van der Waals surface area contributed by atoms with Crippen LogP contribution in [0.2, 0.25) is 0 Å². The van der Waals surface area contributed by atoms with E-state index in [1.165, 1.54) is 31.4 Å². The van der Waals surface area contributed by atoms with Gasteiger partial charge in [-0.15, -0.1) is 0 Å². The van der Waals surface area contributed by atoms with Crippen LogP contribution in [0.25, 0.3) is 0 Å². The first-order valence-electron chi connectivity index (χ1n) is 5.64. The Labute approximate surface area is 109 Å². The molecule has 0 aliphatic rings. The van der Waals surface area contributed by atoms with Gasteiger partial charge in [-0.25, -0.2) is 8.78 Å². The lowest BCUT2D eigenvalue weighted by molar-refractivity contribution is 0.387. The summed E-state index contributed by atoms with van der Waals surface area (Å²) in [4.78, 5) is 0. The Kier molecular flexibility index (Phi) is 3.85. The topological polar surface area (TPSA) is 41.5 Å². The number of ether oxygens (including phenoxy) is 1. The Morgan fingerprint density at radius 1 is 1.16 bits per heavy atom. The molecule has 2 aromatic rings. The van der Waals surface area contributed by atoms with Gasteiger partial charge in [0.2, 0.25) is 0 Å². The summed E-state index contributed by atoms with van der Waals surface area (Å²) >= 11 is 0. The highest BCUT2D eigenvalue weighted by atomic mass is 19.1. The molecule has 100 valence electrons. The molecule has 0 aromatic heterocycles. The molecule has 0 saturated carbocycles. The summed E-state index contributed by atoms with van der Waals surface area (Å²) in [6.45, 7) is 0.306. The molecule has 0 fully saturated rings. The van der Waals surface area contributed by atoms with Crippen LogP contribution in [0.4, 0.5) is 14.5 Å². The van der Waals surface area contributed by atoms with E-state index in [0.29, 0.717) is 17.8 Å². The van der Waals surface area contributed by atoms with Crippen LogP contribution in [0, 0.1) is 11.6 Å². The normalized spacial score (nSPS) is 10.3. The zero-order valence-electron chi connectivity index (χ0n) is 10.3. The van der Waals surface area contributed by atoms with Crippen molar-refractivity contribution in [3.8, 4) is 11.5 Å². The van der Waals surface area contributed by atoms with Gasteiger partial charge in [-0.1, -0.05) is 0 Å². The average Bonchev–Trinajstić information content (AvgIpc) is 2.36. The maximum atomic E-state index is 13.2. The molecule has 2 N–H and O–H groups in total. The van der Waals surface area contributed by atoms with Gasteiger partial charge in [0.25, 0.3) is 0 Å². The first-order valence-corrected chi connectivity index (χ1v) is 5.64. The van der Waals surface area contributed by atoms with Gasteiger partial charge in [-0.05, 0) is 29.8 Å². The van der Waals surface area contributed by atoms with Gasteiger partial charge in [-0.3, -0.25) is 0 Å². The molecule has 0 aliphatic carbocycles. The zero-order chi connectivity index (χ0) is 13.8. The van der Waals surface area contributed by atoms with E-state index in [1.807, 2.05) is 0 Å². The number of phenolic OH excluding ortho intramolecular Hbond substituents is 1. The summed E-state index contributed by atoms with van der Waals surface area (Å²) in [6.07, 6.45) is 0. The van der Waals surface area contributed by atoms with Crippen LogP contribution in [0.1, 0.15) is 5.56 Å². The van der Waals surface area contributed by atoms with Crippen molar-refractivity contribution < 1.29 is 18.6 Å². The average molecular weight is 265 g/mol. The third kappa shape index (κ3) is 3.34. The largest absolute Gasteiger partial charge is 0.508 e. The minimum absolute atomic E-state index is 0.131. The number of anilines is 1. The maximum absolute atomic E-state index is 13.2. The van der Waals surface area contributed by atoms with Crippen molar-refractivity contribution in [1.29, 1.82) is 0 Å². The van der Waals surface area contributed by atoms with Crippen molar-refractivity contribution in [3.63, 3.8) is 0 Å². The van der Waals surface area contributed by atoms with Crippen LogP contribution < -0.4 is 10.1 Å². The minimum Gasteiger partial charge on any atom is -0.508 e. The summed E-state index contributed by atoms with van der Waals surface area (Å²) in [6, 6.07) is 8.14. The molecule has 0 spiro atoms. The van der Waals surface area contributed by atoms with E-state index >= 15 is 0 Å². The van der Waals surface area contributed by atoms with Gasteiger partial charge < -0.3 is 15.2 Å². The van der Waals surface area contributed by atoms with Crippen molar-refractivity contribution in [3.05, 3.63) is 53.6 Å². The fraction of sp³-hybridized carbons (Fsp3) is 0.143. The molecule has 3 nitrogen and oxygen atoms in total. The Morgan fingerprint density at radius 2 is 1.95 bits per heavy atom. The van der Waals surface area contributed by atoms with Crippen LogP contribution in [-0.4, -0.2) is 12.2 Å². The zero-order valence-corrected chi connectivity index (χ0v) is 10.3. The standard InChI is InChI=1S/C14H13F2NO2/c1-19-14-7-11(2-3-13(14)16)17-8-9-4-10(15)6-12(18)5-9/h2-7,17-18H,8H2,1H3. The molecule has 0 aliphatic heterocycles. The fourth-order valence-electron chi connectivity index (χ4n) is 1.71. The number of aromatic hydroxyl groups is 1. The summed E-state index contributed by atoms with van der Waals surface area (Å²) in [5.74, 6) is -0.953. The van der Waals surface area contributed by atoms with E-state index in [4.69, 9.17) is 4.74 Å². The molecule has 2 rings (SSSR count). The number of phenols is 1. The molecule has 0 bridgehead atoms. The smallest absolute Gasteiger partial charge is 0.165 e. The number of methoxy groups -OCH3 is 1. The Hall–Kier alpha value is -2.30. The van der Waals surface area contributed by atoms with E-state index < -0.39 is 11.6 Å². The van der Waals surface area contributed by atoms with E-state index in [-0.39, 0.29) is 11.5 Å². The van der Waals surface area contributed by atoms with Crippen LogP contribution in [0.3, 0.4) is 0 Å². The second kappa shape index (κ2) is 5.56. The van der Waals surface area contributed by atoms with Crippen LogP contribution >= 0.6 is 0 Å². The molecule has 2 aromatic carbocycles. The summed E-state index contributed by atoms with van der Waals surface area (Å²) in [5, 5.41) is 12.3. The first-order chi connectivity index (χ1) is 9.08. The van der Waals surface area contributed by atoms with Gasteiger partial charge in [0, 0.05) is 24.4 Å². The van der Waals surface area contributed by atoms with E-state index in [9.17, 15) is 13.9 Å². The molecule has 0 amide bonds. The number of rotatable bonds is 4. The lowest BCUT2D eigenvalue weighted by Crippen LogP contribution is -2.00. The molecule has 19 heavy (non-hydrogen) atoms. The maximum Gasteiger partial charge on any atom is 0.165 e. The molecule has 0 unspecified atom stereocenters. The molecule has 0 atom stereocenters.